The smallest absolute Gasteiger partial charge is 0.343 e. The molecule has 0 saturated heterocycles. The number of fused-ring (bicyclic) bond motifs is 2. The molecule has 0 aliphatic carbocycles. The average Bonchev–Trinajstić information content (AvgIpc) is 2.67. The van der Waals surface area contributed by atoms with Crippen molar-refractivity contribution in [3.8, 4) is 5.75 Å². The van der Waals surface area contributed by atoms with E-state index in [1.54, 1.807) is 37.5 Å². The van der Waals surface area contributed by atoms with Crippen molar-refractivity contribution in [2.75, 3.05) is 6.61 Å². The fraction of sp³-hybridized carbons (Fsp3) is 0.211. The minimum Gasteiger partial charge on any atom is -0.462 e. The van der Waals surface area contributed by atoms with Crippen LogP contribution in [0, 0.1) is 0 Å². The Bertz CT molecular complexity index is 1120. The van der Waals surface area contributed by atoms with Gasteiger partial charge in [0.2, 0.25) is 0 Å². The van der Waals surface area contributed by atoms with Crippen molar-refractivity contribution in [3.05, 3.63) is 63.8 Å². The molecule has 0 amide bonds. The summed E-state index contributed by atoms with van der Waals surface area (Å²) < 4.78 is 10.3. The van der Waals surface area contributed by atoms with E-state index in [2.05, 4.69) is 15.0 Å². The number of hydrogen-bond donors (Lipinski definition) is 1. The van der Waals surface area contributed by atoms with Gasteiger partial charge >= 0.3 is 11.9 Å². The number of aromatic amines is 1. The molecule has 1 atom stereocenters. The van der Waals surface area contributed by atoms with Crippen LogP contribution in [-0.2, 0) is 9.53 Å². The fourth-order valence-electron chi connectivity index (χ4n) is 3.22. The summed E-state index contributed by atoms with van der Waals surface area (Å²) in [6.07, 6.45) is 4.35. The van der Waals surface area contributed by atoms with Gasteiger partial charge in [0.1, 0.15) is 5.56 Å². The van der Waals surface area contributed by atoms with E-state index in [1.165, 1.54) is 6.20 Å². The van der Waals surface area contributed by atoms with Crippen LogP contribution in [0.3, 0.4) is 0 Å². The first kappa shape index (κ1) is 16.9. The van der Waals surface area contributed by atoms with Crippen LogP contribution < -0.4 is 10.3 Å². The molecule has 27 heavy (non-hydrogen) atoms. The molecule has 0 bridgehead atoms. The maximum atomic E-state index is 12.5. The highest BCUT2D eigenvalue weighted by Gasteiger charge is 2.35. The molecule has 0 spiro atoms. The predicted octanol–water partition coefficient (Wildman–Crippen LogP) is 1.94. The first-order chi connectivity index (χ1) is 13.1. The number of carbonyl (C=O) groups is 2. The molecule has 136 valence electrons. The number of nitrogens with zero attached hydrogens (tertiary/aromatic N) is 2. The van der Waals surface area contributed by atoms with Gasteiger partial charge in [0, 0.05) is 24.5 Å². The minimum absolute atomic E-state index is 0.0186. The number of pyridine rings is 1. The third-order valence-electron chi connectivity index (χ3n) is 4.41. The van der Waals surface area contributed by atoms with Crippen LogP contribution in [0.1, 0.15) is 40.7 Å². The summed E-state index contributed by atoms with van der Waals surface area (Å²) in [5.41, 5.74) is 1.89. The molecular weight excluding hydrogens is 350 g/mol. The summed E-state index contributed by atoms with van der Waals surface area (Å²) in [6, 6.07) is 5.35. The van der Waals surface area contributed by atoms with Crippen LogP contribution in [0.2, 0.25) is 0 Å². The van der Waals surface area contributed by atoms with Crippen molar-refractivity contribution < 1.29 is 19.1 Å². The SMILES string of the molecule is CCOC(=O)c1c[nH]c(=O)c2c1OC(=O)C[C@@H]2c1ccc2nccnc2c1. The Hall–Kier alpha value is -3.55. The van der Waals surface area contributed by atoms with Gasteiger partial charge in [-0.2, -0.15) is 0 Å². The summed E-state index contributed by atoms with van der Waals surface area (Å²) >= 11 is 0. The van der Waals surface area contributed by atoms with E-state index < -0.39 is 23.4 Å². The molecule has 3 heterocycles. The molecule has 8 nitrogen and oxygen atoms in total. The van der Waals surface area contributed by atoms with E-state index >= 15 is 0 Å². The summed E-state index contributed by atoms with van der Waals surface area (Å²) in [7, 11) is 0. The molecule has 0 saturated carbocycles. The third-order valence-corrected chi connectivity index (χ3v) is 4.41. The van der Waals surface area contributed by atoms with E-state index in [0.29, 0.717) is 16.6 Å². The highest BCUT2D eigenvalue weighted by molar-refractivity contribution is 5.94. The topological polar surface area (TPSA) is 111 Å². The van der Waals surface area contributed by atoms with Crippen LogP contribution in [0.5, 0.6) is 5.75 Å². The second-order valence-electron chi connectivity index (χ2n) is 6.03. The van der Waals surface area contributed by atoms with Crippen molar-refractivity contribution in [2.45, 2.75) is 19.3 Å². The molecule has 1 aliphatic rings. The van der Waals surface area contributed by atoms with Gasteiger partial charge < -0.3 is 14.5 Å². The summed E-state index contributed by atoms with van der Waals surface area (Å²) in [6.45, 7) is 1.83. The van der Waals surface area contributed by atoms with Gasteiger partial charge in [-0.3, -0.25) is 19.6 Å². The lowest BCUT2D eigenvalue weighted by molar-refractivity contribution is -0.135. The van der Waals surface area contributed by atoms with Crippen LogP contribution in [0.15, 0.2) is 41.6 Å². The third kappa shape index (κ3) is 2.95. The van der Waals surface area contributed by atoms with Crippen LogP contribution in [-0.4, -0.2) is 33.5 Å². The molecular formula is C19H15N3O5. The van der Waals surface area contributed by atoms with Crippen molar-refractivity contribution in [2.24, 2.45) is 0 Å². The Labute approximate surface area is 153 Å². The Morgan fingerprint density at radius 3 is 2.81 bits per heavy atom. The number of carbonyl (C=O) groups excluding carboxylic acids is 2. The maximum absolute atomic E-state index is 12.5. The van der Waals surface area contributed by atoms with Crippen LogP contribution in [0.25, 0.3) is 11.0 Å². The minimum atomic E-state index is -0.664. The molecule has 8 heteroatoms. The number of nitrogens with one attached hydrogen (secondary N) is 1. The number of rotatable bonds is 3. The highest BCUT2D eigenvalue weighted by Crippen LogP contribution is 2.38. The Morgan fingerprint density at radius 1 is 1.26 bits per heavy atom. The number of aromatic nitrogens is 3. The predicted molar refractivity (Wildman–Crippen MR) is 94.7 cm³/mol. The van der Waals surface area contributed by atoms with Crippen LogP contribution >= 0.6 is 0 Å². The normalized spacial score (nSPS) is 15.9. The number of H-pyrrole nitrogens is 1. The van der Waals surface area contributed by atoms with Gasteiger partial charge in [-0.25, -0.2) is 4.79 Å². The van der Waals surface area contributed by atoms with Crippen molar-refractivity contribution in [1.82, 2.24) is 15.0 Å². The highest BCUT2D eigenvalue weighted by atomic mass is 16.5. The second kappa shape index (κ2) is 6.64. The van der Waals surface area contributed by atoms with Crippen LogP contribution in [0.4, 0.5) is 0 Å². The Balaban J connectivity index is 1.89. The van der Waals surface area contributed by atoms with E-state index in [-0.39, 0.29) is 29.9 Å². The summed E-state index contributed by atoms with van der Waals surface area (Å²) in [4.78, 5) is 48.0. The zero-order chi connectivity index (χ0) is 19.0. The quantitative estimate of drug-likeness (QED) is 0.706. The molecule has 1 N–H and O–H groups in total. The monoisotopic (exact) mass is 365 g/mol. The number of esters is 2. The summed E-state index contributed by atoms with van der Waals surface area (Å²) in [5, 5.41) is 0. The van der Waals surface area contributed by atoms with Gasteiger partial charge in [0.25, 0.3) is 5.56 Å². The molecule has 1 aliphatic heterocycles. The van der Waals surface area contributed by atoms with Gasteiger partial charge in [0.15, 0.2) is 5.75 Å². The number of benzene rings is 1. The van der Waals surface area contributed by atoms with Gasteiger partial charge in [-0.15, -0.1) is 0 Å². The van der Waals surface area contributed by atoms with Crippen molar-refractivity contribution in [3.63, 3.8) is 0 Å². The lowest BCUT2D eigenvalue weighted by Crippen LogP contribution is -2.30. The van der Waals surface area contributed by atoms with Gasteiger partial charge in [-0.05, 0) is 24.6 Å². The lowest BCUT2D eigenvalue weighted by Gasteiger charge is -2.25. The van der Waals surface area contributed by atoms with E-state index in [1.807, 2.05) is 0 Å². The molecule has 0 radical (unpaired) electrons. The van der Waals surface area contributed by atoms with Gasteiger partial charge in [-0.1, -0.05) is 6.07 Å². The van der Waals surface area contributed by atoms with E-state index in [9.17, 15) is 14.4 Å². The number of ether oxygens (including phenoxy) is 2. The standard InChI is InChI=1S/C19H15N3O5/c1-2-26-19(25)12-9-22-18(24)16-11(8-15(23)27-17(12)16)10-3-4-13-14(7-10)21-6-5-20-13/h3-7,9,11H,2,8H2,1H3,(H,22,24)/t11-/m1/s1. The van der Waals surface area contributed by atoms with Crippen molar-refractivity contribution >= 4 is 23.0 Å². The molecule has 3 aromatic rings. The Morgan fingerprint density at radius 2 is 2.04 bits per heavy atom. The van der Waals surface area contributed by atoms with E-state index in [0.717, 1.165) is 0 Å². The zero-order valence-electron chi connectivity index (χ0n) is 14.4. The average molecular weight is 365 g/mol. The zero-order valence-corrected chi connectivity index (χ0v) is 14.4. The largest absolute Gasteiger partial charge is 0.462 e. The molecule has 4 rings (SSSR count). The molecule has 1 aromatic carbocycles. The first-order valence-corrected chi connectivity index (χ1v) is 8.42. The molecule has 2 aromatic heterocycles. The van der Waals surface area contributed by atoms with Gasteiger partial charge in [0.05, 0.1) is 29.6 Å². The number of hydrogen-bond acceptors (Lipinski definition) is 7. The van der Waals surface area contributed by atoms with E-state index in [4.69, 9.17) is 9.47 Å². The van der Waals surface area contributed by atoms with Crippen molar-refractivity contribution in [1.29, 1.82) is 0 Å². The summed E-state index contributed by atoms with van der Waals surface area (Å²) in [5.74, 6) is -1.80. The fourth-order valence-corrected chi connectivity index (χ4v) is 3.22. The first-order valence-electron chi connectivity index (χ1n) is 8.42. The molecule has 0 unspecified atom stereocenters. The Kier molecular flexibility index (Phi) is 4.15. The second-order valence-corrected chi connectivity index (χ2v) is 6.03. The molecule has 0 fully saturated rings. The lowest BCUT2D eigenvalue weighted by atomic mass is 9.86. The maximum Gasteiger partial charge on any atom is 0.343 e.